The number of rotatable bonds is 13. The highest BCUT2D eigenvalue weighted by atomic mass is 32.2. The van der Waals surface area contributed by atoms with Crippen molar-refractivity contribution in [2.24, 2.45) is 0 Å². The quantitative estimate of drug-likeness (QED) is 0.0909. The van der Waals surface area contributed by atoms with E-state index in [-0.39, 0.29) is 23.4 Å². The number of esters is 2. The predicted octanol–water partition coefficient (Wildman–Crippen LogP) is 5.11. The van der Waals surface area contributed by atoms with E-state index in [1.165, 1.54) is 25.3 Å². The van der Waals surface area contributed by atoms with Gasteiger partial charge < -0.3 is 24.1 Å². The van der Waals surface area contributed by atoms with Crippen LogP contribution in [-0.2, 0) is 48.0 Å². The molecule has 2 atom stereocenters. The van der Waals surface area contributed by atoms with Gasteiger partial charge in [0.05, 0.1) is 48.9 Å². The Morgan fingerprint density at radius 3 is 2.23 bits per heavy atom. The fourth-order valence-electron chi connectivity index (χ4n) is 4.96. The van der Waals surface area contributed by atoms with Gasteiger partial charge in [0.15, 0.2) is 4.90 Å². The zero-order valence-corrected chi connectivity index (χ0v) is 25.6. The molecular formula is C33H34N2O8S. The molecule has 0 aromatic heterocycles. The zero-order chi connectivity index (χ0) is 31.6. The summed E-state index contributed by atoms with van der Waals surface area (Å²) < 4.78 is 29.0. The summed E-state index contributed by atoms with van der Waals surface area (Å²) in [5, 5.41) is 14.5. The monoisotopic (exact) mass is 618 g/mol. The number of nitro groups is 1. The number of ether oxygens (including phenoxy) is 3. The van der Waals surface area contributed by atoms with Crippen LogP contribution in [0.1, 0.15) is 36.5 Å². The Morgan fingerprint density at radius 1 is 0.886 bits per heavy atom. The Morgan fingerprint density at radius 2 is 1.57 bits per heavy atom. The molecule has 1 aliphatic rings. The molecule has 44 heavy (non-hydrogen) atoms. The molecule has 0 saturated heterocycles. The van der Waals surface area contributed by atoms with Gasteiger partial charge in [-0.05, 0) is 53.8 Å². The fraction of sp³-hybridized carbons (Fsp3) is 0.273. The number of hydrogen-bond donors (Lipinski definition) is 1. The van der Waals surface area contributed by atoms with E-state index in [0.717, 1.165) is 11.1 Å². The minimum Gasteiger partial charge on any atom is -0.611 e. The lowest BCUT2D eigenvalue weighted by molar-refractivity contribution is -0.384. The molecule has 0 saturated carbocycles. The summed E-state index contributed by atoms with van der Waals surface area (Å²) in [5.74, 6) is -1.88. The van der Waals surface area contributed by atoms with Crippen molar-refractivity contribution in [1.82, 2.24) is 5.32 Å². The van der Waals surface area contributed by atoms with Crippen LogP contribution in [-0.4, -0.2) is 47.5 Å². The maximum atomic E-state index is 13.4. The van der Waals surface area contributed by atoms with Crippen LogP contribution < -0.4 is 5.32 Å². The molecule has 0 fully saturated rings. The third-order valence-electron chi connectivity index (χ3n) is 7.13. The first kappa shape index (κ1) is 32.5. The van der Waals surface area contributed by atoms with Gasteiger partial charge in [-0.1, -0.05) is 54.6 Å². The molecule has 0 amide bonds. The van der Waals surface area contributed by atoms with E-state index < -0.39 is 34.0 Å². The highest BCUT2D eigenvalue weighted by Crippen LogP contribution is 2.40. The third kappa shape index (κ3) is 8.13. The van der Waals surface area contributed by atoms with Gasteiger partial charge in [0.1, 0.15) is 5.75 Å². The van der Waals surface area contributed by atoms with Crippen LogP contribution in [0.3, 0.4) is 0 Å². The number of carbonyl (C=O) groups excluding carboxylic acids is 2. The van der Waals surface area contributed by atoms with Gasteiger partial charge in [0.2, 0.25) is 0 Å². The molecule has 2 unspecified atom stereocenters. The van der Waals surface area contributed by atoms with Crippen LogP contribution in [0.5, 0.6) is 0 Å². The Balaban J connectivity index is 1.38. The third-order valence-corrected chi connectivity index (χ3v) is 8.47. The summed E-state index contributed by atoms with van der Waals surface area (Å²) in [6, 6.07) is 22.9. The Bertz CT molecular complexity index is 1550. The number of nitro benzene ring substituents is 1. The number of hydrogen-bond acceptors (Lipinski definition) is 9. The lowest BCUT2D eigenvalue weighted by atomic mass is 9.80. The summed E-state index contributed by atoms with van der Waals surface area (Å²) in [6.07, 6.45) is 0.402. The first-order chi connectivity index (χ1) is 21.2. The number of allylic oxidation sites excluding steroid dienone is 2. The molecule has 4 rings (SSSR count). The van der Waals surface area contributed by atoms with Gasteiger partial charge in [-0.2, -0.15) is 0 Å². The minimum atomic E-state index is -1.22. The summed E-state index contributed by atoms with van der Waals surface area (Å²) in [5.41, 5.74) is 3.44. The maximum Gasteiger partial charge on any atom is 0.336 e. The Labute approximate surface area is 259 Å². The van der Waals surface area contributed by atoms with Crippen molar-refractivity contribution in [3.8, 4) is 0 Å². The van der Waals surface area contributed by atoms with Gasteiger partial charge in [-0.25, -0.2) is 9.59 Å². The molecule has 1 aliphatic heterocycles. The van der Waals surface area contributed by atoms with E-state index in [4.69, 9.17) is 14.2 Å². The molecule has 11 heteroatoms. The number of nitrogens with one attached hydrogen (secondary N) is 1. The number of non-ortho nitro benzene ring substituents is 1. The molecule has 0 radical (unpaired) electrons. The average Bonchev–Trinajstić information content (AvgIpc) is 3.03. The van der Waals surface area contributed by atoms with Gasteiger partial charge in [-0.3, -0.25) is 10.1 Å². The second kappa shape index (κ2) is 15.3. The molecule has 0 spiro atoms. The van der Waals surface area contributed by atoms with Crippen molar-refractivity contribution < 1.29 is 33.3 Å². The van der Waals surface area contributed by atoms with Crippen LogP contribution in [0.2, 0.25) is 0 Å². The van der Waals surface area contributed by atoms with Gasteiger partial charge in [0.25, 0.3) is 5.69 Å². The predicted molar refractivity (Wildman–Crippen MR) is 165 cm³/mol. The highest BCUT2D eigenvalue weighted by Gasteiger charge is 2.38. The van der Waals surface area contributed by atoms with E-state index in [9.17, 15) is 24.3 Å². The summed E-state index contributed by atoms with van der Waals surface area (Å²) in [6.45, 7) is 4.24. The molecule has 10 nitrogen and oxygen atoms in total. The second-order valence-corrected chi connectivity index (χ2v) is 11.7. The van der Waals surface area contributed by atoms with Crippen molar-refractivity contribution in [1.29, 1.82) is 0 Å². The average molecular weight is 619 g/mol. The number of methoxy groups -OCH3 is 1. The van der Waals surface area contributed by atoms with Crippen molar-refractivity contribution in [3.63, 3.8) is 0 Å². The van der Waals surface area contributed by atoms with Crippen LogP contribution in [0.15, 0.2) is 106 Å². The van der Waals surface area contributed by atoms with Crippen molar-refractivity contribution in [3.05, 3.63) is 128 Å². The standard InChI is InChI=1S/C33H34N2O8S/c1-22-29(32(36)41-3)31(26-10-7-11-27(20-26)35(38)39)30(23(2)34-22)33(37)43-17-16-24-12-14-28(15-13-24)44(40)19-18-42-21-25-8-5-4-6-9-25/h4-15,20,31,34H,16-19,21H2,1-3H3. The summed E-state index contributed by atoms with van der Waals surface area (Å²) in [7, 11) is 1.23. The van der Waals surface area contributed by atoms with Crippen LogP contribution in [0.25, 0.3) is 0 Å². The smallest absolute Gasteiger partial charge is 0.336 e. The molecule has 1 heterocycles. The Hall–Kier alpha value is -4.45. The van der Waals surface area contributed by atoms with Crippen molar-refractivity contribution >= 4 is 28.8 Å². The molecular weight excluding hydrogens is 584 g/mol. The minimum absolute atomic E-state index is 0.0449. The lowest BCUT2D eigenvalue weighted by Gasteiger charge is -2.30. The van der Waals surface area contributed by atoms with E-state index >= 15 is 0 Å². The first-order valence-corrected chi connectivity index (χ1v) is 15.3. The fourth-order valence-corrected chi connectivity index (χ4v) is 5.90. The molecule has 3 aromatic rings. The van der Waals surface area contributed by atoms with Crippen LogP contribution in [0, 0.1) is 10.1 Å². The molecule has 0 bridgehead atoms. The van der Waals surface area contributed by atoms with E-state index in [1.54, 1.807) is 32.0 Å². The van der Waals surface area contributed by atoms with Gasteiger partial charge in [-0.15, -0.1) is 0 Å². The summed E-state index contributed by atoms with van der Waals surface area (Å²) in [4.78, 5) is 37.9. The van der Waals surface area contributed by atoms with Gasteiger partial charge >= 0.3 is 11.9 Å². The number of carbonyl (C=O) groups is 2. The van der Waals surface area contributed by atoms with Gasteiger partial charge in [0, 0.05) is 29.9 Å². The summed E-state index contributed by atoms with van der Waals surface area (Å²) >= 11 is -1.22. The van der Waals surface area contributed by atoms with E-state index in [1.807, 2.05) is 42.5 Å². The first-order valence-electron chi connectivity index (χ1n) is 14.0. The Kier molecular flexibility index (Phi) is 11.3. The molecule has 1 N–H and O–H groups in total. The van der Waals surface area contributed by atoms with Crippen LogP contribution >= 0.6 is 0 Å². The molecule has 230 valence electrons. The van der Waals surface area contributed by atoms with E-state index in [2.05, 4.69) is 5.32 Å². The molecule has 3 aromatic carbocycles. The van der Waals surface area contributed by atoms with Crippen molar-refractivity contribution in [2.45, 2.75) is 37.7 Å². The largest absolute Gasteiger partial charge is 0.611 e. The van der Waals surface area contributed by atoms with E-state index in [0.29, 0.717) is 47.2 Å². The zero-order valence-electron chi connectivity index (χ0n) is 24.7. The topological polar surface area (TPSA) is 140 Å². The second-order valence-electron chi connectivity index (χ2n) is 10.1. The lowest BCUT2D eigenvalue weighted by Crippen LogP contribution is -2.32. The normalized spacial score (nSPS) is 15.4. The SMILES string of the molecule is COC(=O)C1=C(C)NC(C)=C(C(=O)OCCc2ccc([S+]([O-])CCOCc3ccccc3)cc2)C1c1cccc([N+](=O)[O-])c1. The number of nitrogens with zero attached hydrogens (tertiary/aromatic N) is 1. The maximum absolute atomic E-state index is 13.4. The van der Waals surface area contributed by atoms with Crippen LogP contribution in [0.4, 0.5) is 5.69 Å². The number of dihydropyridines is 1. The molecule has 0 aliphatic carbocycles. The number of benzene rings is 3. The highest BCUT2D eigenvalue weighted by molar-refractivity contribution is 7.91. The van der Waals surface area contributed by atoms with Crippen molar-refractivity contribution in [2.75, 3.05) is 26.1 Å².